The lowest BCUT2D eigenvalue weighted by Gasteiger charge is -2.58. The number of nitrogens with two attached hydrogens (primary N) is 1. The smallest absolute Gasteiger partial charge is 0.308 e. The number of esters is 1. The summed E-state index contributed by atoms with van der Waals surface area (Å²) in [4.78, 5) is 23.3. The zero-order valence-electron chi connectivity index (χ0n) is 37.9. The minimum absolute atomic E-state index is 0.00000739. The number of allylic oxidation sites excluding steroid dienone is 2. The molecule has 0 aromatic heterocycles. The second-order valence-corrected chi connectivity index (χ2v) is 18.4. The number of carbonyl (C=O) groups excluding carboxylic acids is 2. The van der Waals surface area contributed by atoms with Crippen LogP contribution in [-0.2, 0) is 33.3 Å². The number of aldehydes is 1. The predicted octanol–water partition coefficient (Wildman–Crippen LogP) is 9.57. The van der Waals surface area contributed by atoms with Crippen molar-refractivity contribution in [1.82, 2.24) is 5.32 Å². The lowest BCUT2D eigenvalue weighted by molar-refractivity contribution is -0.152. The van der Waals surface area contributed by atoms with Gasteiger partial charge in [0.25, 0.3) is 0 Å². The topological polar surface area (TPSA) is 118 Å². The lowest BCUT2D eigenvalue weighted by Crippen LogP contribution is -2.50. The van der Waals surface area contributed by atoms with Gasteiger partial charge in [0.1, 0.15) is 12.4 Å². The van der Waals surface area contributed by atoms with Crippen molar-refractivity contribution < 1.29 is 33.3 Å². The van der Waals surface area contributed by atoms with Crippen LogP contribution in [0.5, 0.6) is 0 Å². The number of hydrogen-bond acceptors (Lipinski definition) is 10. The molecule has 57 heavy (non-hydrogen) atoms. The van der Waals surface area contributed by atoms with Crippen LogP contribution >= 0.6 is 11.8 Å². The average Bonchev–Trinajstić information content (AvgIpc) is 3.50. The van der Waals surface area contributed by atoms with E-state index in [1.54, 1.807) is 17.3 Å². The quantitative estimate of drug-likeness (QED) is 0.0399. The molecule has 3 saturated carbocycles. The lowest BCUT2D eigenvalue weighted by atomic mass is 9.47. The molecule has 0 radical (unpaired) electrons. The Kier molecular flexibility index (Phi) is 26.2. The number of nitrogens with one attached hydrogen (secondary N) is 1. The normalized spacial score (nSPS) is 28.4. The van der Waals surface area contributed by atoms with Gasteiger partial charge in [0.05, 0.1) is 65.3 Å². The van der Waals surface area contributed by atoms with Crippen LogP contribution in [0, 0.1) is 40.4 Å². The van der Waals surface area contributed by atoms with Crippen LogP contribution in [0.25, 0.3) is 0 Å². The predicted molar refractivity (Wildman–Crippen MR) is 237 cm³/mol. The highest BCUT2D eigenvalue weighted by Crippen LogP contribution is 2.66. The summed E-state index contributed by atoms with van der Waals surface area (Å²) in [6.07, 6.45) is 19.2. The number of thioether (sulfide) groups is 1. The second-order valence-electron chi connectivity index (χ2n) is 17.4. The van der Waals surface area contributed by atoms with Gasteiger partial charge in [-0.25, -0.2) is 0 Å². The van der Waals surface area contributed by atoms with Gasteiger partial charge in [0, 0.05) is 30.2 Å². The molecule has 4 rings (SSSR count). The maximum absolute atomic E-state index is 12.6. The maximum atomic E-state index is 12.6. The molecule has 3 N–H and O–H groups in total. The monoisotopic (exact) mass is 823 g/mol. The van der Waals surface area contributed by atoms with E-state index in [4.69, 9.17) is 29.4 Å². The molecule has 3 fully saturated rings. The number of hydrogen-bond donors (Lipinski definition) is 2. The first-order valence-electron chi connectivity index (χ1n) is 22.9. The molecule has 0 aromatic carbocycles. The third-order valence-corrected chi connectivity index (χ3v) is 14.2. The van der Waals surface area contributed by atoms with Gasteiger partial charge in [-0.1, -0.05) is 92.9 Å². The van der Waals surface area contributed by atoms with E-state index in [2.05, 4.69) is 65.9 Å². The maximum Gasteiger partial charge on any atom is 0.308 e. The Bertz CT molecular complexity index is 1170. The van der Waals surface area contributed by atoms with E-state index in [-0.39, 0.29) is 23.9 Å². The van der Waals surface area contributed by atoms with Gasteiger partial charge in [-0.3, -0.25) is 4.79 Å². The summed E-state index contributed by atoms with van der Waals surface area (Å²) in [5.74, 6) is 5.54. The van der Waals surface area contributed by atoms with Crippen LogP contribution in [0.15, 0.2) is 23.4 Å². The largest absolute Gasteiger partial charge is 0.462 e. The Balaban J connectivity index is 0.00000128. The van der Waals surface area contributed by atoms with Crippen LogP contribution in [0.3, 0.4) is 0 Å². The first-order chi connectivity index (χ1) is 27.5. The summed E-state index contributed by atoms with van der Waals surface area (Å²) >= 11 is 1.65. The van der Waals surface area contributed by atoms with Crippen molar-refractivity contribution in [3.8, 4) is 0 Å². The van der Waals surface area contributed by atoms with Crippen molar-refractivity contribution in [3.05, 3.63) is 23.4 Å². The van der Waals surface area contributed by atoms with Crippen LogP contribution in [0.4, 0.5) is 0 Å². The van der Waals surface area contributed by atoms with Gasteiger partial charge in [0.2, 0.25) is 0 Å². The van der Waals surface area contributed by atoms with Gasteiger partial charge < -0.3 is 39.5 Å². The van der Waals surface area contributed by atoms with E-state index in [1.165, 1.54) is 44.9 Å². The van der Waals surface area contributed by atoms with E-state index in [1.807, 2.05) is 13.8 Å². The first-order valence-corrected chi connectivity index (χ1v) is 24.0. The molecule has 0 aliphatic heterocycles. The number of carbonyl (C=O) groups is 2. The van der Waals surface area contributed by atoms with E-state index in [0.717, 1.165) is 73.0 Å². The van der Waals surface area contributed by atoms with Gasteiger partial charge in [-0.2, -0.15) is 11.8 Å². The Hall–Kier alpha value is -1.43. The fraction of sp³-hybridized carbons (Fsp3) is 0.872. The Morgan fingerprint density at radius 3 is 2.18 bits per heavy atom. The molecule has 0 bridgehead atoms. The zero-order chi connectivity index (χ0) is 42.1. The molecular formula is C47H86N2O7S. The fourth-order valence-corrected chi connectivity index (χ4v) is 10.7. The highest BCUT2D eigenvalue weighted by molar-refractivity contribution is 7.99. The molecule has 4 aliphatic rings. The van der Waals surface area contributed by atoms with Gasteiger partial charge in [0.15, 0.2) is 0 Å². The summed E-state index contributed by atoms with van der Waals surface area (Å²) in [6, 6.07) is -0.409. The summed E-state index contributed by atoms with van der Waals surface area (Å²) in [5, 5.41) is 3.39. The standard InChI is InChI=1S/C39H66N2O7S.C6H14.C2H6/c1-5-6-32(28-49-27-31(40)26-42)41-16-18-45-20-22-47-24-23-46-21-19-44-17-13-37(43)48-33-11-14-39(4)30(25-33)8-9-34-35-10-7-29(2)38(35,3)15-12-36(34)39;1-4-5-6(2)3;1-2/h6,8,26,29,31,33-36,41H,5,7,9-25,27-28,40H2,1-4H3;6H,4-5H2,1-3H3;1-2H3. The van der Waals surface area contributed by atoms with Crippen molar-refractivity contribution in [2.75, 3.05) is 70.9 Å². The van der Waals surface area contributed by atoms with Gasteiger partial charge in [-0.05, 0) is 91.8 Å². The van der Waals surface area contributed by atoms with Crippen molar-refractivity contribution in [2.45, 2.75) is 152 Å². The van der Waals surface area contributed by atoms with E-state index in [9.17, 15) is 9.59 Å². The molecule has 10 heteroatoms. The molecule has 0 amide bonds. The summed E-state index contributed by atoms with van der Waals surface area (Å²) in [7, 11) is 0. The minimum atomic E-state index is -0.409. The van der Waals surface area contributed by atoms with Gasteiger partial charge in [-0.15, -0.1) is 0 Å². The van der Waals surface area contributed by atoms with Crippen molar-refractivity contribution in [1.29, 1.82) is 0 Å². The fourth-order valence-electron chi connectivity index (χ4n) is 9.79. The van der Waals surface area contributed by atoms with Crippen LogP contribution in [0.1, 0.15) is 139 Å². The number of ether oxygens (including phenoxy) is 5. The van der Waals surface area contributed by atoms with Crippen molar-refractivity contribution in [2.24, 2.45) is 46.2 Å². The van der Waals surface area contributed by atoms with E-state index < -0.39 is 6.04 Å². The Labute approximate surface area is 353 Å². The van der Waals surface area contributed by atoms with Crippen molar-refractivity contribution >= 4 is 24.0 Å². The third-order valence-electron chi connectivity index (χ3n) is 13.1. The molecule has 8 atom stereocenters. The van der Waals surface area contributed by atoms with Crippen LogP contribution < -0.4 is 11.1 Å². The van der Waals surface area contributed by atoms with Crippen LogP contribution in [0.2, 0.25) is 0 Å². The van der Waals surface area contributed by atoms with E-state index in [0.29, 0.717) is 70.6 Å². The summed E-state index contributed by atoms with van der Waals surface area (Å²) in [6.45, 7) is 25.0. The average molecular weight is 823 g/mol. The van der Waals surface area contributed by atoms with Crippen molar-refractivity contribution in [3.63, 3.8) is 0 Å². The molecule has 332 valence electrons. The first kappa shape index (κ1) is 51.7. The molecule has 4 aliphatic carbocycles. The minimum Gasteiger partial charge on any atom is -0.462 e. The van der Waals surface area contributed by atoms with Crippen LogP contribution in [-0.4, -0.2) is 95.3 Å². The molecule has 0 spiro atoms. The molecule has 8 unspecified atom stereocenters. The molecule has 0 aromatic rings. The highest BCUT2D eigenvalue weighted by Gasteiger charge is 2.57. The third kappa shape index (κ3) is 17.6. The molecular weight excluding hydrogens is 737 g/mol. The molecule has 9 nitrogen and oxygen atoms in total. The summed E-state index contributed by atoms with van der Waals surface area (Å²) in [5.41, 5.74) is 9.17. The molecule has 0 heterocycles. The zero-order valence-corrected chi connectivity index (χ0v) is 38.7. The Morgan fingerprint density at radius 1 is 0.930 bits per heavy atom. The summed E-state index contributed by atoms with van der Waals surface area (Å²) < 4.78 is 28.4. The second kappa shape index (κ2) is 28.9. The SMILES string of the molecule is CC.CCC=C(CSCC(N)C=O)NCCOCCOCCOCCOCCC(=O)OC1CCC2(C)C(=CCC3C2CCC2(C)C(C)CCC32)C1.CCCC(C)C. The Morgan fingerprint density at radius 2 is 1.58 bits per heavy atom. The van der Waals surface area contributed by atoms with Gasteiger partial charge >= 0.3 is 5.97 Å². The number of fused-ring (bicyclic) bond motifs is 5. The number of rotatable bonds is 25. The molecule has 0 saturated heterocycles. The highest BCUT2D eigenvalue weighted by atomic mass is 32.2. The van der Waals surface area contributed by atoms with E-state index >= 15 is 0 Å².